The SMILES string of the molecule is CNCc1cn(S(=O)(=O)c2ccc(C)nc2)c(-c2ccccc2F)c1C1CC1. The van der Waals surface area contributed by atoms with Crippen LogP contribution in [0.4, 0.5) is 4.39 Å². The fourth-order valence-corrected chi connectivity index (χ4v) is 4.89. The topological polar surface area (TPSA) is 64.0 Å². The van der Waals surface area contributed by atoms with Crippen LogP contribution in [0.5, 0.6) is 0 Å². The van der Waals surface area contributed by atoms with Gasteiger partial charge in [-0.3, -0.25) is 4.98 Å². The monoisotopic (exact) mass is 399 g/mol. The first-order valence-electron chi connectivity index (χ1n) is 9.25. The molecule has 5 nitrogen and oxygen atoms in total. The lowest BCUT2D eigenvalue weighted by atomic mass is 10.0. The summed E-state index contributed by atoms with van der Waals surface area (Å²) in [5.41, 5.74) is 3.26. The molecule has 3 aromatic rings. The van der Waals surface area contributed by atoms with Crippen LogP contribution in [0, 0.1) is 12.7 Å². The maximum atomic E-state index is 14.7. The van der Waals surface area contributed by atoms with Crippen molar-refractivity contribution in [2.75, 3.05) is 7.05 Å². The smallest absolute Gasteiger partial charge is 0.269 e. The molecule has 1 saturated carbocycles. The van der Waals surface area contributed by atoms with Gasteiger partial charge in [0.1, 0.15) is 10.7 Å². The normalized spacial score (nSPS) is 14.4. The number of nitrogens with one attached hydrogen (secondary N) is 1. The minimum atomic E-state index is -3.92. The molecular formula is C21H22FN3O2S. The Morgan fingerprint density at radius 1 is 1.21 bits per heavy atom. The van der Waals surface area contributed by atoms with Gasteiger partial charge in [-0.2, -0.15) is 0 Å². The number of aromatic nitrogens is 2. The van der Waals surface area contributed by atoms with Crippen molar-refractivity contribution in [3.8, 4) is 11.3 Å². The second-order valence-electron chi connectivity index (χ2n) is 7.14. The Morgan fingerprint density at radius 2 is 1.96 bits per heavy atom. The van der Waals surface area contributed by atoms with E-state index < -0.39 is 15.8 Å². The summed E-state index contributed by atoms with van der Waals surface area (Å²) in [6, 6.07) is 9.53. The van der Waals surface area contributed by atoms with E-state index in [4.69, 9.17) is 0 Å². The second kappa shape index (κ2) is 7.14. The van der Waals surface area contributed by atoms with E-state index in [1.54, 1.807) is 37.4 Å². The molecule has 146 valence electrons. The molecule has 28 heavy (non-hydrogen) atoms. The van der Waals surface area contributed by atoms with Crippen LogP contribution in [0.1, 0.15) is 35.6 Å². The zero-order valence-electron chi connectivity index (χ0n) is 15.8. The summed E-state index contributed by atoms with van der Waals surface area (Å²) < 4.78 is 42.8. The molecule has 7 heteroatoms. The van der Waals surface area contributed by atoms with Crippen LogP contribution in [-0.4, -0.2) is 24.4 Å². The summed E-state index contributed by atoms with van der Waals surface area (Å²) in [7, 11) is -2.10. The van der Waals surface area contributed by atoms with E-state index >= 15 is 0 Å². The summed E-state index contributed by atoms with van der Waals surface area (Å²) >= 11 is 0. The van der Waals surface area contributed by atoms with Gasteiger partial charge in [0.15, 0.2) is 0 Å². The Labute approximate surface area is 164 Å². The van der Waals surface area contributed by atoms with E-state index in [2.05, 4.69) is 10.3 Å². The van der Waals surface area contributed by atoms with Gasteiger partial charge in [-0.25, -0.2) is 16.8 Å². The molecule has 2 heterocycles. The average Bonchev–Trinajstić information content (AvgIpc) is 3.44. The predicted molar refractivity (Wildman–Crippen MR) is 106 cm³/mol. The fourth-order valence-electron chi connectivity index (χ4n) is 3.53. The molecule has 0 radical (unpaired) electrons. The van der Waals surface area contributed by atoms with Crippen molar-refractivity contribution in [2.45, 2.75) is 37.1 Å². The van der Waals surface area contributed by atoms with Crippen molar-refractivity contribution >= 4 is 10.0 Å². The highest BCUT2D eigenvalue weighted by Gasteiger charge is 2.35. The lowest BCUT2D eigenvalue weighted by Gasteiger charge is -2.13. The molecule has 1 aromatic carbocycles. The predicted octanol–water partition coefficient (Wildman–Crippen LogP) is 3.83. The van der Waals surface area contributed by atoms with Crippen LogP contribution in [0.25, 0.3) is 11.3 Å². The van der Waals surface area contributed by atoms with E-state index in [1.165, 1.54) is 22.3 Å². The van der Waals surface area contributed by atoms with E-state index in [0.717, 1.165) is 29.7 Å². The molecule has 0 spiro atoms. The van der Waals surface area contributed by atoms with Crippen LogP contribution >= 0.6 is 0 Å². The molecule has 0 atom stereocenters. The number of aryl methyl sites for hydroxylation is 1. The highest BCUT2D eigenvalue weighted by atomic mass is 32.2. The first-order chi connectivity index (χ1) is 13.4. The largest absolute Gasteiger partial charge is 0.316 e. The van der Waals surface area contributed by atoms with Gasteiger partial charge in [-0.15, -0.1) is 0 Å². The van der Waals surface area contributed by atoms with Gasteiger partial charge in [0, 0.05) is 30.2 Å². The number of hydrogen-bond acceptors (Lipinski definition) is 4. The molecule has 0 unspecified atom stereocenters. The molecule has 1 aliphatic rings. The molecule has 0 amide bonds. The molecule has 4 rings (SSSR count). The van der Waals surface area contributed by atoms with Crippen LogP contribution < -0.4 is 5.32 Å². The lowest BCUT2D eigenvalue weighted by molar-refractivity contribution is 0.587. The highest BCUT2D eigenvalue weighted by Crippen LogP contribution is 2.48. The molecule has 1 N–H and O–H groups in total. The van der Waals surface area contributed by atoms with E-state index in [-0.39, 0.29) is 10.8 Å². The Bertz CT molecular complexity index is 1120. The van der Waals surface area contributed by atoms with Gasteiger partial charge < -0.3 is 5.32 Å². The first kappa shape index (κ1) is 18.8. The zero-order chi connectivity index (χ0) is 19.9. The molecule has 0 saturated heterocycles. The minimum Gasteiger partial charge on any atom is -0.316 e. The van der Waals surface area contributed by atoms with Gasteiger partial charge in [0.05, 0.1) is 5.69 Å². The number of nitrogens with zero attached hydrogens (tertiary/aromatic N) is 2. The van der Waals surface area contributed by atoms with Crippen molar-refractivity contribution < 1.29 is 12.8 Å². The Hall–Kier alpha value is -2.51. The van der Waals surface area contributed by atoms with Crippen LogP contribution in [0.3, 0.4) is 0 Å². The summed E-state index contributed by atoms with van der Waals surface area (Å²) in [4.78, 5) is 4.21. The van der Waals surface area contributed by atoms with E-state index in [9.17, 15) is 12.8 Å². The summed E-state index contributed by atoms with van der Waals surface area (Å²) in [5.74, 6) is -0.178. The number of benzene rings is 1. The summed E-state index contributed by atoms with van der Waals surface area (Å²) in [5, 5.41) is 3.10. The zero-order valence-corrected chi connectivity index (χ0v) is 16.6. The first-order valence-corrected chi connectivity index (χ1v) is 10.7. The quantitative estimate of drug-likeness (QED) is 0.684. The third-order valence-electron chi connectivity index (χ3n) is 5.02. The summed E-state index contributed by atoms with van der Waals surface area (Å²) in [6.07, 6.45) is 4.94. The Kier molecular flexibility index (Phi) is 4.81. The Morgan fingerprint density at radius 3 is 2.57 bits per heavy atom. The lowest BCUT2D eigenvalue weighted by Crippen LogP contribution is -2.14. The van der Waals surface area contributed by atoms with Gasteiger partial charge >= 0.3 is 0 Å². The number of pyridine rings is 1. The highest BCUT2D eigenvalue weighted by molar-refractivity contribution is 7.90. The van der Waals surface area contributed by atoms with Crippen LogP contribution in [0.15, 0.2) is 53.7 Å². The van der Waals surface area contributed by atoms with E-state index in [1.807, 2.05) is 7.05 Å². The van der Waals surface area contributed by atoms with Crippen molar-refractivity contribution in [3.05, 3.63) is 71.4 Å². The molecule has 1 fully saturated rings. The summed E-state index contributed by atoms with van der Waals surface area (Å²) in [6.45, 7) is 2.31. The maximum Gasteiger partial charge on any atom is 0.269 e. The van der Waals surface area contributed by atoms with Gasteiger partial charge in [-0.05, 0) is 68.1 Å². The van der Waals surface area contributed by atoms with Crippen molar-refractivity contribution in [2.24, 2.45) is 0 Å². The van der Waals surface area contributed by atoms with Crippen LogP contribution in [-0.2, 0) is 16.6 Å². The molecule has 0 aliphatic heterocycles. The van der Waals surface area contributed by atoms with E-state index in [0.29, 0.717) is 17.8 Å². The van der Waals surface area contributed by atoms with Crippen molar-refractivity contribution in [1.29, 1.82) is 0 Å². The Balaban J connectivity index is 2.00. The van der Waals surface area contributed by atoms with Crippen molar-refractivity contribution in [3.63, 3.8) is 0 Å². The average molecular weight is 399 g/mol. The van der Waals surface area contributed by atoms with Gasteiger partial charge in [0.2, 0.25) is 0 Å². The van der Waals surface area contributed by atoms with Crippen LogP contribution in [0.2, 0.25) is 0 Å². The second-order valence-corrected chi connectivity index (χ2v) is 8.95. The molecule has 2 aromatic heterocycles. The number of hydrogen-bond donors (Lipinski definition) is 1. The third kappa shape index (κ3) is 3.25. The van der Waals surface area contributed by atoms with Crippen molar-refractivity contribution in [1.82, 2.24) is 14.3 Å². The maximum absolute atomic E-state index is 14.7. The fraction of sp³-hybridized carbons (Fsp3) is 0.286. The van der Waals surface area contributed by atoms with Gasteiger partial charge in [-0.1, -0.05) is 12.1 Å². The number of rotatable bonds is 6. The molecule has 0 bridgehead atoms. The third-order valence-corrected chi connectivity index (χ3v) is 6.66. The number of halogens is 1. The van der Waals surface area contributed by atoms with Gasteiger partial charge in [0.25, 0.3) is 10.0 Å². The molecular weight excluding hydrogens is 377 g/mol. The standard InChI is InChI=1S/C21H22FN3O2S/c1-14-7-10-17(12-24-14)28(26,27)25-13-16(11-23-2)20(15-8-9-15)21(25)18-5-3-4-6-19(18)22/h3-7,10,12-13,15,23H,8-9,11H2,1-2H3. The minimum absolute atomic E-state index is 0.0871. The molecule has 1 aliphatic carbocycles.